The Labute approximate surface area is 169 Å². The van der Waals surface area contributed by atoms with Crippen molar-refractivity contribution >= 4 is 17.4 Å². The Morgan fingerprint density at radius 1 is 1.17 bits per heavy atom. The van der Waals surface area contributed by atoms with Gasteiger partial charge >= 0.3 is 6.03 Å². The first-order valence-electron chi connectivity index (χ1n) is 9.59. The molecule has 8 heteroatoms. The first-order chi connectivity index (χ1) is 14.1. The van der Waals surface area contributed by atoms with Crippen LogP contribution in [0, 0.1) is 6.92 Å². The third-order valence-corrected chi connectivity index (χ3v) is 5.01. The third-order valence-electron chi connectivity index (χ3n) is 5.01. The Bertz CT molecular complexity index is 969. The van der Waals surface area contributed by atoms with E-state index in [0.717, 1.165) is 29.0 Å². The number of nitrogens with zero attached hydrogens (tertiary/aromatic N) is 2. The summed E-state index contributed by atoms with van der Waals surface area (Å²) in [4.78, 5) is 11.5. The summed E-state index contributed by atoms with van der Waals surface area (Å²) in [5.74, 6) is 0. The Morgan fingerprint density at radius 2 is 2.00 bits per heavy atom. The molecule has 29 heavy (non-hydrogen) atoms. The quantitative estimate of drug-likeness (QED) is 0.461. The van der Waals surface area contributed by atoms with E-state index in [-0.39, 0.29) is 18.2 Å². The molecule has 4 rings (SSSR count). The van der Waals surface area contributed by atoms with E-state index in [4.69, 9.17) is 0 Å². The van der Waals surface area contributed by atoms with Crippen molar-refractivity contribution in [2.75, 3.05) is 17.7 Å². The van der Waals surface area contributed by atoms with E-state index in [0.29, 0.717) is 0 Å². The smallest absolute Gasteiger partial charge is 0.318 e. The fourth-order valence-electron chi connectivity index (χ4n) is 3.43. The van der Waals surface area contributed by atoms with Crippen molar-refractivity contribution in [3.05, 3.63) is 72.1 Å². The Hall–Kier alpha value is -3.36. The minimum absolute atomic E-state index is 0.0993. The van der Waals surface area contributed by atoms with Crippen molar-refractivity contribution in [3.8, 4) is 5.69 Å². The molecule has 3 aromatic rings. The minimum Gasteiger partial charge on any atom is -0.368 e. The van der Waals surface area contributed by atoms with Gasteiger partial charge in [0.1, 0.15) is 0 Å². The Balaban J connectivity index is 1.37. The van der Waals surface area contributed by atoms with Crippen LogP contribution in [0.15, 0.2) is 60.9 Å². The van der Waals surface area contributed by atoms with E-state index in [2.05, 4.69) is 56.2 Å². The zero-order valence-corrected chi connectivity index (χ0v) is 16.4. The summed E-state index contributed by atoms with van der Waals surface area (Å²) in [7, 11) is 1.60. The van der Waals surface area contributed by atoms with E-state index in [1.807, 2.05) is 42.1 Å². The van der Waals surface area contributed by atoms with Gasteiger partial charge in [0, 0.05) is 43.3 Å². The van der Waals surface area contributed by atoms with Crippen LogP contribution in [0.25, 0.3) is 5.69 Å². The summed E-state index contributed by atoms with van der Waals surface area (Å²) in [6.07, 6.45) is 4.71. The number of carbonyl (C=O) groups is 1. The first kappa shape index (κ1) is 19.0. The monoisotopic (exact) mass is 391 g/mol. The molecule has 1 fully saturated rings. The lowest BCUT2D eigenvalue weighted by Gasteiger charge is -2.17. The summed E-state index contributed by atoms with van der Waals surface area (Å²) in [6, 6.07) is 16.1. The van der Waals surface area contributed by atoms with Crippen LogP contribution in [-0.2, 0) is 0 Å². The van der Waals surface area contributed by atoms with Crippen LogP contribution in [0.2, 0.25) is 0 Å². The number of anilines is 2. The summed E-state index contributed by atoms with van der Waals surface area (Å²) in [5.41, 5.74) is 11.8. The van der Waals surface area contributed by atoms with Crippen LogP contribution in [0.5, 0.6) is 0 Å². The number of carbonyl (C=O) groups excluding carboxylic acids is 1. The van der Waals surface area contributed by atoms with Gasteiger partial charge in [-0.3, -0.25) is 0 Å². The maximum atomic E-state index is 11.5. The van der Waals surface area contributed by atoms with E-state index in [1.54, 1.807) is 13.2 Å². The van der Waals surface area contributed by atoms with Crippen molar-refractivity contribution in [2.24, 2.45) is 0 Å². The minimum atomic E-state index is -0.229. The number of hydrogen-bond donors (Lipinski definition) is 5. The molecule has 2 heterocycles. The van der Waals surface area contributed by atoms with Crippen molar-refractivity contribution < 1.29 is 4.79 Å². The highest BCUT2D eigenvalue weighted by atomic mass is 16.2. The van der Waals surface area contributed by atoms with Crippen LogP contribution in [0.4, 0.5) is 16.2 Å². The lowest BCUT2D eigenvalue weighted by Crippen LogP contribution is -2.36. The van der Waals surface area contributed by atoms with Crippen LogP contribution >= 0.6 is 0 Å². The van der Waals surface area contributed by atoms with Crippen LogP contribution in [0.3, 0.4) is 0 Å². The molecule has 0 spiro atoms. The topological polar surface area (TPSA) is 95.0 Å². The maximum absolute atomic E-state index is 11.5. The van der Waals surface area contributed by atoms with Crippen molar-refractivity contribution in [3.63, 3.8) is 0 Å². The largest absolute Gasteiger partial charge is 0.368 e. The number of rotatable bonds is 5. The molecule has 1 saturated heterocycles. The number of urea groups is 1. The molecular formula is C21H25N7O. The standard InChI is InChI=1S/C21H25N7O/c1-14-12-16(24-21(29)22-2)6-9-18(14)25-20-13-19(26-27-20)15-4-7-17(8-5-15)28-11-3-10-23-28/h3-12,19-20,25-27H,13H2,1-2H3,(H2,22,24,29). The average Bonchev–Trinajstić information content (AvgIpc) is 3.42. The fourth-order valence-corrected chi connectivity index (χ4v) is 3.43. The van der Waals surface area contributed by atoms with Gasteiger partial charge in [0.2, 0.25) is 0 Å². The van der Waals surface area contributed by atoms with Gasteiger partial charge in [0.25, 0.3) is 0 Å². The van der Waals surface area contributed by atoms with Gasteiger partial charge in [-0.25, -0.2) is 20.3 Å². The highest BCUT2D eigenvalue weighted by molar-refractivity contribution is 5.89. The lowest BCUT2D eigenvalue weighted by atomic mass is 10.0. The number of hydrogen-bond acceptors (Lipinski definition) is 5. The highest BCUT2D eigenvalue weighted by Gasteiger charge is 2.25. The van der Waals surface area contributed by atoms with Gasteiger partial charge < -0.3 is 16.0 Å². The number of nitrogens with one attached hydrogen (secondary N) is 5. The molecule has 0 bridgehead atoms. The lowest BCUT2D eigenvalue weighted by molar-refractivity contribution is 0.254. The predicted molar refractivity (Wildman–Crippen MR) is 114 cm³/mol. The molecule has 2 unspecified atom stereocenters. The Morgan fingerprint density at radius 3 is 2.69 bits per heavy atom. The molecule has 2 amide bonds. The molecule has 0 saturated carbocycles. The summed E-state index contributed by atoms with van der Waals surface area (Å²) < 4.78 is 1.85. The van der Waals surface area contributed by atoms with Gasteiger partial charge in [-0.2, -0.15) is 5.10 Å². The molecular weight excluding hydrogens is 366 g/mol. The third kappa shape index (κ3) is 4.39. The Kier molecular flexibility index (Phi) is 5.46. The zero-order valence-electron chi connectivity index (χ0n) is 16.4. The molecule has 8 nitrogen and oxygen atoms in total. The van der Waals surface area contributed by atoms with E-state index in [1.165, 1.54) is 5.56 Å². The van der Waals surface area contributed by atoms with Crippen LogP contribution in [-0.4, -0.2) is 29.0 Å². The van der Waals surface area contributed by atoms with E-state index >= 15 is 0 Å². The molecule has 1 aromatic heterocycles. The number of aryl methyl sites for hydroxylation is 1. The number of aromatic nitrogens is 2. The summed E-state index contributed by atoms with van der Waals surface area (Å²) in [6.45, 7) is 2.02. The van der Waals surface area contributed by atoms with Crippen molar-refractivity contribution in [2.45, 2.75) is 25.6 Å². The first-order valence-corrected chi connectivity index (χ1v) is 9.59. The van der Waals surface area contributed by atoms with Gasteiger partial charge in [-0.05, 0) is 54.4 Å². The summed E-state index contributed by atoms with van der Waals surface area (Å²) >= 11 is 0. The molecule has 2 atom stereocenters. The fraction of sp³-hybridized carbons (Fsp3) is 0.238. The normalized spacial score (nSPS) is 18.4. The van der Waals surface area contributed by atoms with E-state index in [9.17, 15) is 4.79 Å². The SMILES string of the molecule is CNC(=O)Nc1ccc(NC2CC(c3ccc(-n4cccn4)cc3)NN2)c(C)c1. The molecule has 1 aliphatic rings. The van der Waals surface area contributed by atoms with Crippen molar-refractivity contribution in [1.29, 1.82) is 0 Å². The second kappa shape index (κ2) is 8.34. The highest BCUT2D eigenvalue weighted by Crippen LogP contribution is 2.26. The van der Waals surface area contributed by atoms with Crippen LogP contribution < -0.4 is 26.8 Å². The molecule has 0 radical (unpaired) electrons. The van der Waals surface area contributed by atoms with Gasteiger partial charge in [0.15, 0.2) is 0 Å². The second-order valence-corrected chi connectivity index (χ2v) is 7.05. The van der Waals surface area contributed by atoms with Gasteiger partial charge in [-0.1, -0.05) is 12.1 Å². The molecule has 5 N–H and O–H groups in total. The number of amides is 2. The summed E-state index contributed by atoms with van der Waals surface area (Å²) in [5, 5.41) is 13.1. The van der Waals surface area contributed by atoms with E-state index < -0.39 is 0 Å². The molecule has 0 aliphatic carbocycles. The van der Waals surface area contributed by atoms with Gasteiger partial charge in [0.05, 0.1) is 11.9 Å². The van der Waals surface area contributed by atoms with Crippen molar-refractivity contribution in [1.82, 2.24) is 25.9 Å². The second-order valence-electron chi connectivity index (χ2n) is 7.05. The average molecular weight is 391 g/mol. The zero-order chi connectivity index (χ0) is 20.2. The maximum Gasteiger partial charge on any atom is 0.318 e. The van der Waals surface area contributed by atoms with Crippen LogP contribution in [0.1, 0.15) is 23.6 Å². The molecule has 150 valence electrons. The number of benzene rings is 2. The van der Waals surface area contributed by atoms with Gasteiger partial charge in [-0.15, -0.1) is 0 Å². The predicted octanol–water partition coefficient (Wildman–Crippen LogP) is 2.91. The number of hydrazine groups is 1. The molecule has 2 aromatic carbocycles. The molecule has 1 aliphatic heterocycles.